The Morgan fingerprint density at radius 1 is 0.918 bits per heavy atom. The monoisotopic (exact) mass is 675 g/mol. The number of pyridine rings is 1. The van der Waals surface area contributed by atoms with Crippen molar-refractivity contribution in [3.05, 3.63) is 30.1 Å². The van der Waals surface area contributed by atoms with Crippen LogP contribution in [-0.2, 0) is 24.0 Å². The largest absolute Gasteiger partial charge is 0.344 e. The summed E-state index contributed by atoms with van der Waals surface area (Å²) in [5.41, 5.74) is -0.338. The molecule has 1 saturated heterocycles. The van der Waals surface area contributed by atoms with E-state index < -0.39 is 35.1 Å². The van der Waals surface area contributed by atoms with Crippen LogP contribution in [0, 0.1) is 40.9 Å². The molecular weight excluding hydrogens is 618 g/mol. The van der Waals surface area contributed by atoms with Gasteiger partial charge in [0.2, 0.25) is 17.6 Å². The first-order valence-corrected chi connectivity index (χ1v) is 19.0. The quantitative estimate of drug-likeness (QED) is 0.160. The minimum Gasteiger partial charge on any atom is -0.344 e. The highest BCUT2D eigenvalue weighted by Crippen LogP contribution is 2.44. The van der Waals surface area contributed by atoms with Crippen molar-refractivity contribution < 1.29 is 28.8 Å². The molecule has 0 bridgehead atoms. The Kier molecular flexibility index (Phi) is 12.2. The van der Waals surface area contributed by atoms with Gasteiger partial charge in [-0.2, -0.15) is 0 Å². The minimum atomic E-state index is -0.904. The van der Waals surface area contributed by atoms with Gasteiger partial charge in [0, 0.05) is 43.8 Å². The van der Waals surface area contributed by atoms with Crippen LogP contribution in [0.15, 0.2) is 24.4 Å². The van der Waals surface area contributed by atoms with Gasteiger partial charge >= 0.3 is 0 Å². The molecule has 2 heterocycles. The van der Waals surface area contributed by atoms with Crippen molar-refractivity contribution in [2.75, 3.05) is 6.54 Å². The van der Waals surface area contributed by atoms with Crippen molar-refractivity contribution in [3.63, 3.8) is 0 Å². The molecule has 1 N–H and O–H groups in total. The summed E-state index contributed by atoms with van der Waals surface area (Å²) in [7, 11) is 0. The molecule has 268 valence electrons. The number of fused-ring (bicyclic) bond motifs is 1. The third kappa shape index (κ3) is 9.12. The third-order valence-corrected chi connectivity index (χ3v) is 11.7. The van der Waals surface area contributed by atoms with Crippen molar-refractivity contribution in [1.29, 1.82) is 0 Å². The predicted octanol–water partition coefficient (Wildman–Crippen LogP) is 6.32. The molecule has 9 heteroatoms. The summed E-state index contributed by atoms with van der Waals surface area (Å²) in [6.07, 6.45) is 12.5. The number of nitrogens with zero attached hydrogens (tertiary/aromatic N) is 2. The average molecular weight is 676 g/mol. The fourth-order valence-electron chi connectivity index (χ4n) is 8.80. The van der Waals surface area contributed by atoms with E-state index in [1.165, 1.54) is 0 Å². The van der Waals surface area contributed by atoms with Gasteiger partial charge in [0.25, 0.3) is 0 Å². The highest BCUT2D eigenvalue weighted by Gasteiger charge is 2.52. The molecule has 1 aliphatic heterocycles. The Bertz CT molecular complexity index is 1380. The van der Waals surface area contributed by atoms with Crippen molar-refractivity contribution in [3.8, 4) is 0 Å². The number of amides is 2. The van der Waals surface area contributed by atoms with Gasteiger partial charge in [-0.25, -0.2) is 0 Å². The lowest BCUT2D eigenvalue weighted by Gasteiger charge is -2.38. The Balaban J connectivity index is 1.36. The van der Waals surface area contributed by atoms with E-state index in [1.54, 1.807) is 29.3 Å². The summed E-state index contributed by atoms with van der Waals surface area (Å²) in [5.74, 6) is -2.42. The summed E-state index contributed by atoms with van der Waals surface area (Å²) < 4.78 is 0. The number of carbonyl (C=O) groups excluding carboxylic acids is 6. The molecule has 4 fully saturated rings. The van der Waals surface area contributed by atoms with E-state index in [0.29, 0.717) is 31.0 Å². The van der Waals surface area contributed by atoms with Crippen LogP contribution in [-0.4, -0.2) is 63.5 Å². The lowest BCUT2D eigenvalue weighted by molar-refractivity contribution is -0.146. The Morgan fingerprint density at radius 2 is 1.65 bits per heavy atom. The predicted molar refractivity (Wildman–Crippen MR) is 186 cm³/mol. The summed E-state index contributed by atoms with van der Waals surface area (Å²) in [6.45, 7) is 8.15. The zero-order valence-electron chi connectivity index (χ0n) is 30.1. The number of Topliss-reactive ketones (excluding diaryl/α,β-unsaturated/α-hetero) is 4. The van der Waals surface area contributed by atoms with Gasteiger partial charge in [-0.05, 0) is 86.2 Å². The van der Waals surface area contributed by atoms with E-state index in [-0.39, 0.29) is 66.2 Å². The first-order chi connectivity index (χ1) is 23.4. The van der Waals surface area contributed by atoms with E-state index in [0.717, 1.165) is 64.2 Å². The van der Waals surface area contributed by atoms with E-state index in [9.17, 15) is 28.8 Å². The highest BCUT2D eigenvalue weighted by atomic mass is 16.2. The maximum Gasteiger partial charge on any atom is 0.246 e. The van der Waals surface area contributed by atoms with Crippen LogP contribution in [0.25, 0.3) is 0 Å². The molecule has 0 spiro atoms. The summed E-state index contributed by atoms with van der Waals surface area (Å²) in [4.78, 5) is 88.4. The fraction of sp³-hybridized carbons (Fsp3) is 0.725. The molecule has 6 atom stereocenters. The maximum absolute atomic E-state index is 14.7. The van der Waals surface area contributed by atoms with Gasteiger partial charge in [-0.15, -0.1) is 0 Å². The van der Waals surface area contributed by atoms with E-state index in [4.69, 9.17) is 0 Å². The van der Waals surface area contributed by atoms with Crippen LogP contribution in [0.2, 0.25) is 0 Å². The molecule has 5 rings (SSSR count). The van der Waals surface area contributed by atoms with Gasteiger partial charge in [0.1, 0.15) is 11.7 Å². The number of likely N-dealkylation sites (tertiary alicyclic amines) is 1. The molecule has 4 aliphatic rings. The molecule has 49 heavy (non-hydrogen) atoms. The van der Waals surface area contributed by atoms with Crippen LogP contribution < -0.4 is 5.32 Å². The number of hydrogen-bond donors (Lipinski definition) is 1. The van der Waals surface area contributed by atoms with Crippen molar-refractivity contribution >= 4 is 34.9 Å². The van der Waals surface area contributed by atoms with E-state index in [1.807, 2.05) is 27.7 Å². The van der Waals surface area contributed by atoms with Crippen LogP contribution in [0.4, 0.5) is 0 Å². The smallest absolute Gasteiger partial charge is 0.246 e. The number of nitrogens with one attached hydrogen (secondary N) is 1. The molecule has 2 amide bonds. The Labute approximate surface area is 292 Å². The molecular formula is C40H57N3O6. The van der Waals surface area contributed by atoms with E-state index in [2.05, 4.69) is 10.3 Å². The molecule has 1 aromatic heterocycles. The lowest BCUT2D eigenvalue weighted by atomic mass is 9.76. The third-order valence-electron chi connectivity index (χ3n) is 11.7. The number of ketones is 4. The van der Waals surface area contributed by atoms with E-state index >= 15 is 0 Å². The van der Waals surface area contributed by atoms with Crippen molar-refractivity contribution in [2.45, 2.75) is 136 Å². The van der Waals surface area contributed by atoms with Crippen LogP contribution in [0.5, 0.6) is 0 Å². The van der Waals surface area contributed by atoms with Gasteiger partial charge in [-0.1, -0.05) is 65.9 Å². The minimum absolute atomic E-state index is 0.0123. The molecule has 0 aromatic carbocycles. The fourth-order valence-corrected chi connectivity index (χ4v) is 8.80. The lowest BCUT2D eigenvalue weighted by Crippen LogP contribution is -2.58. The number of rotatable bonds is 16. The van der Waals surface area contributed by atoms with Crippen LogP contribution in [0.3, 0.4) is 0 Å². The first-order valence-electron chi connectivity index (χ1n) is 19.0. The zero-order valence-corrected chi connectivity index (χ0v) is 30.1. The molecule has 0 unspecified atom stereocenters. The molecule has 9 nitrogen and oxygen atoms in total. The zero-order chi connectivity index (χ0) is 35.3. The molecule has 1 aromatic rings. The number of carbonyl (C=O) groups is 6. The summed E-state index contributed by atoms with van der Waals surface area (Å²) in [6, 6.07) is 3.61. The number of aromatic nitrogens is 1. The summed E-state index contributed by atoms with van der Waals surface area (Å²) >= 11 is 0. The topological polar surface area (TPSA) is 131 Å². The highest BCUT2D eigenvalue weighted by molar-refractivity contribution is 6.38. The van der Waals surface area contributed by atoms with Gasteiger partial charge in [0.05, 0.1) is 6.04 Å². The van der Waals surface area contributed by atoms with Crippen LogP contribution >= 0.6 is 0 Å². The molecule has 3 aliphatic carbocycles. The van der Waals surface area contributed by atoms with Crippen LogP contribution in [0.1, 0.15) is 134 Å². The second kappa shape index (κ2) is 16.2. The van der Waals surface area contributed by atoms with Gasteiger partial charge < -0.3 is 10.2 Å². The van der Waals surface area contributed by atoms with Crippen molar-refractivity contribution in [1.82, 2.24) is 15.2 Å². The molecule has 0 radical (unpaired) electrons. The maximum atomic E-state index is 14.7. The standard InChI is InChI=1S/C40H57N3O6/c1-5-12-27(36(47)34(46)21-25-18-19-25)22-33(45)35-29-16-11-15-28(29)24-43(35)39(49)37(40(2,3)4)42-38(48)30(26-13-7-6-8-14-26)23-32(44)31-17-9-10-20-41-31/h9-10,17,20,25-30,35,37H,5-8,11-16,18-19,21-24H2,1-4H3,(H,42,48)/t27-,28+,29+,30+,35+,37-/m1/s1. The normalized spacial score (nSPS) is 24.5. The van der Waals surface area contributed by atoms with Gasteiger partial charge in [0.15, 0.2) is 17.3 Å². The SMILES string of the molecule is CCC[C@H](CC(=O)[C@@H]1[C@H]2CCC[C@H]2CN1C(=O)[C@@H](NC(=O)[C@@H](CC(=O)c1ccccn1)C1CCCCC1)C(C)(C)C)C(=O)C(=O)CC1CC1. The molecule has 3 saturated carbocycles. The summed E-state index contributed by atoms with van der Waals surface area (Å²) in [5, 5.41) is 3.12. The average Bonchev–Trinajstić information content (AvgIpc) is 3.65. The van der Waals surface area contributed by atoms with Gasteiger partial charge in [-0.3, -0.25) is 33.8 Å². The second-order valence-electron chi connectivity index (χ2n) is 16.5. The number of hydrogen-bond acceptors (Lipinski definition) is 7. The van der Waals surface area contributed by atoms with Crippen molar-refractivity contribution in [2.24, 2.45) is 40.9 Å². The first kappa shape index (κ1) is 37.0. The Morgan fingerprint density at radius 3 is 2.29 bits per heavy atom. The Hall–Kier alpha value is -3.23. The second-order valence-corrected chi connectivity index (χ2v) is 16.5.